The highest BCUT2D eigenvalue weighted by Gasteiger charge is 2.56. The highest BCUT2D eigenvalue weighted by atomic mass is 35.5. The van der Waals surface area contributed by atoms with E-state index in [1.165, 1.54) is 19.2 Å². The third-order valence-electron chi connectivity index (χ3n) is 4.36. The van der Waals surface area contributed by atoms with E-state index >= 15 is 0 Å². The van der Waals surface area contributed by atoms with Gasteiger partial charge in [0.05, 0.1) is 6.61 Å². The summed E-state index contributed by atoms with van der Waals surface area (Å²) < 4.78 is 12.0. The molecule has 27 heavy (non-hydrogen) atoms. The van der Waals surface area contributed by atoms with E-state index < -0.39 is 48.3 Å². The number of halogens is 2. The van der Waals surface area contributed by atoms with Crippen molar-refractivity contribution >= 4 is 35.3 Å². The van der Waals surface area contributed by atoms with Crippen molar-refractivity contribution in [2.75, 3.05) is 11.4 Å². The first-order chi connectivity index (χ1) is 12.7. The first-order valence-corrected chi connectivity index (χ1v) is 8.94. The minimum atomic E-state index is -1.84. The number of aromatic nitrogens is 2. The van der Waals surface area contributed by atoms with E-state index in [1.807, 2.05) is 0 Å². The van der Waals surface area contributed by atoms with Gasteiger partial charge >= 0.3 is 11.7 Å². The van der Waals surface area contributed by atoms with Crippen molar-refractivity contribution in [3.8, 4) is 0 Å². The van der Waals surface area contributed by atoms with Crippen LogP contribution in [0.1, 0.15) is 27.0 Å². The fourth-order valence-corrected chi connectivity index (χ4v) is 3.30. The summed E-state index contributed by atoms with van der Waals surface area (Å²) in [4.78, 5) is 32.8. The summed E-state index contributed by atoms with van der Waals surface area (Å²) in [5.41, 5.74) is -2.59. The van der Waals surface area contributed by atoms with Crippen molar-refractivity contribution in [1.29, 1.82) is 0 Å². The Bertz CT molecular complexity index is 729. The Morgan fingerprint density at radius 2 is 2.19 bits per heavy atom. The van der Waals surface area contributed by atoms with Gasteiger partial charge in [-0.2, -0.15) is 4.98 Å². The monoisotopic (exact) mass is 424 g/mol. The van der Waals surface area contributed by atoms with Crippen molar-refractivity contribution in [3.05, 3.63) is 22.7 Å². The highest BCUT2D eigenvalue weighted by Crippen LogP contribution is 2.39. The summed E-state index contributed by atoms with van der Waals surface area (Å²) in [6.45, 7) is 4.31. The molecule has 10 nitrogen and oxygen atoms in total. The molecule has 0 saturated carbocycles. The molecule has 2 heterocycles. The van der Waals surface area contributed by atoms with Crippen LogP contribution >= 0.6 is 23.6 Å². The highest BCUT2D eigenvalue weighted by molar-refractivity contribution is 6.23. The Kier molecular flexibility index (Phi) is 7.06. The summed E-state index contributed by atoms with van der Waals surface area (Å²) in [7, 11) is 0. The molecule has 1 fully saturated rings. The summed E-state index contributed by atoms with van der Waals surface area (Å²) in [6, 6.07) is 0.562. The van der Waals surface area contributed by atoms with Crippen molar-refractivity contribution in [1.82, 2.24) is 14.4 Å². The smallest absolute Gasteiger partial charge is 0.351 e. The second-order valence-electron chi connectivity index (χ2n) is 6.72. The number of aliphatic hydroxyl groups excluding tert-OH is 1. The minimum absolute atomic E-state index is 0.116. The normalized spacial score (nSPS) is 29.0. The molecule has 12 heteroatoms. The quantitative estimate of drug-likeness (QED) is 0.355. The van der Waals surface area contributed by atoms with Crippen molar-refractivity contribution in [3.63, 3.8) is 0 Å². The zero-order chi connectivity index (χ0) is 20.4. The van der Waals surface area contributed by atoms with E-state index in [4.69, 9.17) is 33.0 Å². The number of hydrogen-bond donors (Lipinski definition) is 4. The fourth-order valence-electron chi connectivity index (χ4n) is 2.86. The Labute approximate surface area is 165 Å². The maximum atomic E-state index is 12.4. The number of ether oxygens (including phenoxy) is 2. The molecule has 0 aromatic carbocycles. The second kappa shape index (κ2) is 8.72. The van der Waals surface area contributed by atoms with Gasteiger partial charge in [0.1, 0.15) is 23.6 Å². The van der Waals surface area contributed by atoms with Crippen LogP contribution in [0.3, 0.4) is 0 Å². The molecule has 1 saturated heterocycles. The molecule has 0 spiro atoms. The maximum absolute atomic E-state index is 12.4. The van der Waals surface area contributed by atoms with E-state index in [2.05, 4.69) is 14.7 Å². The summed E-state index contributed by atoms with van der Waals surface area (Å²) in [5, 5.41) is 20.6. The zero-order valence-corrected chi connectivity index (χ0v) is 16.4. The molecule has 0 amide bonds. The van der Waals surface area contributed by atoms with Crippen molar-refractivity contribution < 1.29 is 24.5 Å². The topological polar surface area (TPSA) is 135 Å². The predicted molar refractivity (Wildman–Crippen MR) is 97.1 cm³/mol. The third kappa shape index (κ3) is 4.36. The number of carbonyl (C=O) groups is 1. The molecule has 4 N–H and O–H groups in total. The van der Waals surface area contributed by atoms with Crippen LogP contribution in [-0.2, 0) is 14.3 Å². The number of esters is 1. The van der Waals surface area contributed by atoms with Gasteiger partial charge in [-0.1, -0.05) is 13.8 Å². The van der Waals surface area contributed by atoms with E-state index in [0.717, 1.165) is 4.57 Å². The Hall–Kier alpha value is -1.43. The Morgan fingerprint density at radius 1 is 1.52 bits per heavy atom. The average Bonchev–Trinajstić information content (AvgIpc) is 2.85. The summed E-state index contributed by atoms with van der Waals surface area (Å²) >= 11 is 11.0. The minimum Gasteiger partial charge on any atom is -0.455 e. The van der Waals surface area contributed by atoms with Crippen LogP contribution in [-0.4, -0.2) is 56.2 Å². The van der Waals surface area contributed by atoms with Gasteiger partial charge < -0.3 is 19.7 Å². The molecular formula is C15H22Cl2N4O6. The van der Waals surface area contributed by atoms with Crippen molar-refractivity contribution in [2.24, 2.45) is 5.92 Å². The number of nitrogens with zero attached hydrogens (tertiary/aromatic N) is 2. The second-order valence-corrected chi connectivity index (χ2v) is 7.13. The van der Waals surface area contributed by atoms with E-state index in [0.29, 0.717) is 0 Å². The molecule has 0 aliphatic carbocycles. The summed E-state index contributed by atoms with van der Waals surface area (Å²) in [5.74, 6) is -0.793. The van der Waals surface area contributed by atoms with E-state index in [1.54, 1.807) is 13.8 Å². The number of anilines is 1. The number of aliphatic hydroxyl groups is 2. The molecule has 5 atom stereocenters. The van der Waals surface area contributed by atoms with Crippen molar-refractivity contribution in [2.45, 2.75) is 50.8 Å². The van der Waals surface area contributed by atoms with Gasteiger partial charge in [-0.15, -0.1) is 0 Å². The largest absolute Gasteiger partial charge is 0.455 e. The predicted octanol–water partition coefficient (Wildman–Crippen LogP) is 0.129. The van der Waals surface area contributed by atoms with Gasteiger partial charge in [-0.3, -0.25) is 14.2 Å². The Balaban J connectivity index is 2.32. The van der Waals surface area contributed by atoms with Gasteiger partial charge in [-0.05, 0) is 30.7 Å². The van der Waals surface area contributed by atoms with Crippen LogP contribution in [0.15, 0.2) is 17.1 Å². The first kappa shape index (κ1) is 21.9. The lowest BCUT2D eigenvalue weighted by Crippen LogP contribution is -2.51. The lowest BCUT2D eigenvalue weighted by atomic mass is 9.95. The average molecular weight is 425 g/mol. The van der Waals surface area contributed by atoms with Gasteiger partial charge in [0.15, 0.2) is 12.3 Å². The van der Waals surface area contributed by atoms with Crippen LogP contribution in [0.2, 0.25) is 0 Å². The number of rotatable bonds is 7. The molecule has 0 bridgehead atoms. The molecule has 1 aromatic rings. The lowest BCUT2D eigenvalue weighted by Gasteiger charge is -2.31. The molecule has 2 rings (SSSR count). The number of nitrogens with one attached hydrogen (secondary N) is 2. The molecule has 1 aliphatic heterocycles. The van der Waals surface area contributed by atoms with E-state index in [-0.39, 0.29) is 11.7 Å². The lowest BCUT2D eigenvalue weighted by molar-refractivity contribution is -0.167. The molecular weight excluding hydrogens is 403 g/mol. The van der Waals surface area contributed by atoms with Crippen LogP contribution in [0.4, 0.5) is 5.82 Å². The molecule has 0 radical (unpaired) electrons. The van der Waals surface area contributed by atoms with Gasteiger partial charge in [-0.25, -0.2) is 9.63 Å². The number of carbonyl (C=O) groups excluding carboxylic acids is 1. The van der Waals surface area contributed by atoms with Crippen LogP contribution in [0, 0.1) is 5.92 Å². The van der Waals surface area contributed by atoms with Crippen LogP contribution in [0.25, 0.3) is 0 Å². The molecule has 1 aliphatic rings. The molecule has 0 unspecified atom stereocenters. The summed E-state index contributed by atoms with van der Waals surface area (Å²) in [6.07, 6.45) is -2.24. The molecule has 1 aromatic heterocycles. The Morgan fingerprint density at radius 3 is 2.67 bits per heavy atom. The maximum Gasteiger partial charge on any atom is 0.351 e. The molecule has 152 valence electrons. The third-order valence-corrected chi connectivity index (χ3v) is 4.79. The van der Waals surface area contributed by atoms with Crippen LogP contribution in [0.5, 0.6) is 0 Å². The first-order valence-electron chi connectivity index (χ1n) is 8.18. The van der Waals surface area contributed by atoms with Gasteiger partial charge in [0.25, 0.3) is 0 Å². The van der Waals surface area contributed by atoms with Gasteiger partial charge in [0, 0.05) is 18.0 Å². The number of hydrogen-bond acceptors (Lipinski definition) is 9. The van der Waals surface area contributed by atoms with E-state index in [9.17, 15) is 19.8 Å². The zero-order valence-electron chi connectivity index (χ0n) is 14.9. The fraction of sp³-hybridized carbons (Fsp3) is 0.667. The van der Waals surface area contributed by atoms with Crippen LogP contribution < -0.4 is 15.4 Å². The van der Waals surface area contributed by atoms with Gasteiger partial charge in [0.2, 0.25) is 0 Å². The SMILES string of the molecule is CC(C)[C@H](NCl)C(=O)O[C@@H]1[C@@H](CO)O[C@@H](n2ccc(NCl)nc2=O)[C@]1(C)O. The standard InChI is InChI=1S/C15H22Cl2N4O6/c1-7(2)10(20-17)12(23)27-11-8(6-22)26-13(15(11,3)25)21-5-4-9(19-16)18-14(21)24/h4-5,7-8,10-11,13,20,22,25H,6H2,1-3H3,(H,18,19,24)/t8-,10+,11-,13-,15-/m1/s1.